The third-order valence-corrected chi connectivity index (χ3v) is 13.2. The average Bonchev–Trinajstić information content (AvgIpc) is 3.45. The lowest BCUT2D eigenvalue weighted by molar-refractivity contribution is -0.326. The Morgan fingerprint density at radius 1 is 1.00 bits per heavy atom. The zero-order valence-electron chi connectivity index (χ0n) is 23.2. The van der Waals surface area contributed by atoms with E-state index in [0.717, 1.165) is 38.5 Å². The summed E-state index contributed by atoms with van der Waals surface area (Å²) in [6.45, 7) is 14.2. The van der Waals surface area contributed by atoms with E-state index in [2.05, 4.69) is 34.6 Å². The Labute approximate surface area is 215 Å². The number of rotatable bonds is 2. The van der Waals surface area contributed by atoms with E-state index in [9.17, 15) is 19.8 Å². The van der Waals surface area contributed by atoms with Gasteiger partial charge >= 0.3 is 5.97 Å². The second-order valence-electron chi connectivity index (χ2n) is 15.2. The molecule has 2 aliphatic heterocycles. The van der Waals surface area contributed by atoms with E-state index in [1.807, 2.05) is 0 Å². The number of ether oxygens (including phenoxy) is 2. The first-order chi connectivity index (χ1) is 16.6. The Kier molecular flexibility index (Phi) is 5.03. The largest absolute Gasteiger partial charge is 0.435 e. The highest BCUT2D eigenvalue weighted by Crippen LogP contribution is 2.88. The molecular formula is C30H46O6. The van der Waals surface area contributed by atoms with Crippen LogP contribution in [0.5, 0.6) is 0 Å². The molecule has 2 heterocycles. The van der Waals surface area contributed by atoms with Gasteiger partial charge in [0.25, 0.3) is 0 Å². The van der Waals surface area contributed by atoms with E-state index in [-0.39, 0.29) is 45.4 Å². The summed E-state index contributed by atoms with van der Waals surface area (Å²) in [6, 6.07) is 0. The number of aliphatic hydroxyl groups is 2. The zero-order valence-corrected chi connectivity index (χ0v) is 23.2. The van der Waals surface area contributed by atoms with Crippen molar-refractivity contribution >= 4 is 11.8 Å². The van der Waals surface area contributed by atoms with E-state index >= 15 is 0 Å². The Bertz CT molecular complexity index is 998. The van der Waals surface area contributed by atoms with Crippen molar-refractivity contribution in [1.82, 2.24) is 0 Å². The minimum atomic E-state index is -1.29. The van der Waals surface area contributed by atoms with Gasteiger partial charge in [-0.25, -0.2) is 0 Å². The van der Waals surface area contributed by atoms with Crippen molar-refractivity contribution in [3.05, 3.63) is 0 Å². The van der Waals surface area contributed by atoms with Gasteiger partial charge < -0.3 is 19.7 Å². The molecule has 6 aliphatic rings. The van der Waals surface area contributed by atoms with Crippen LogP contribution in [0.3, 0.4) is 0 Å². The minimum Gasteiger partial charge on any atom is -0.435 e. The number of hydrogen-bond acceptors (Lipinski definition) is 6. The van der Waals surface area contributed by atoms with Crippen LogP contribution in [-0.4, -0.2) is 46.1 Å². The van der Waals surface area contributed by atoms with Crippen LogP contribution in [0, 0.1) is 50.7 Å². The fourth-order valence-corrected chi connectivity index (χ4v) is 11.2. The Morgan fingerprint density at radius 3 is 2.31 bits per heavy atom. The summed E-state index contributed by atoms with van der Waals surface area (Å²) in [4.78, 5) is 27.0. The maximum Gasteiger partial charge on any atom is 0.314 e. The van der Waals surface area contributed by atoms with Crippen molar-refractivity contribution in [2.45, 2.75) is 124 Å². The van der Waals surface area contributed by atoms with Gasteiger partial charge in [0, 0.05) is 17.8 Å². The second-order valence-corrected chi connectivity index (χ2v) is 15.2. The van der Waals surface area contributed by atoms with Crippen molar-refractivity contribution in [2.24, 2.45) is 50.7 Å². The maximum absolute atomic E-state index is 14.1. The topological polar surface area (TPSA) is 93.1 Å². The van der Waals surface area contributed by atoms with Crippen LogP contribution in [0.4, 0.5) is 0 Å². The van der Waals surface area contributed by atoms with Gasteiger partial charge in [-0.1, -0.05) is 27.7 Å². The Balaban J connectivity index is 1.34. The molecule has 0 aromatic rings. The summed E-state index contributed by atoms with van der Waals surface area (Å²) in [6.07, 6.45) is 5.23. The quantitative estimate of drug-likeness (QED) is 0.535. The summed E-state index contributed by atoms with van der Waals surface area (Å²) in [5, 5.41) is 21.2. The van der Waals surface area contributed by atoms with Crippen molar-refractivity contribution in [2.75, 3.05) is 0 Å². The van der Waals surface area contributed by atoms with E-state index < -0.39 is 29.5 Å². The number of hydrogen-bond donors (Lipinski definition) is 2. The third-order valence-electron chi connectivity index (χ3n) is 13.2. The fourth-order valence-electron chi connectivity index (χ4n) is 11.2. The van der Waals surface area contributed by atoms with Gasteiger partial charge in [-0.2, -0.15) is 0 Å². The Hall–Kier alpha value is -0.980. The first-order valence-corrected chi connectivity index (χ1v) is 14.4. The van der Waals surface area contributed by atoms with E-state index in [1.54, 1.807) is 13.8 Å². The fraction of sp³-hybridized carbons (Fsp3) is 0.933. The van der Waals surface area contributed by atoms with Crippen molar-refractivity contribution in [3.8, 4) is 0 Å². The van der Waals surface area contributed by atoms with Crippen molar-refractivity contribution in [1.29, 1.82) is 0 Å². The molecule has 2 spiro atoms. The number of ketones is 1. The van der Waals surface area contributed by atoms with Crippen LogP contribution in [0.1, 0.15) is 99.8 Å². The predicted octanol–water partition coefficient (Wildman–Crippen LogP) is 4.64. The highest BCUT2D eigenvalue weighted by atomic mass is 16.7. The van der Waals surface area contributed by atoms with Crippen LogP contribution in [0.25, 0.3) is 0 Å². The molecular weight excluding hydrogens is 456 g/mol. The summed E-state index contributed by atoms with van der Waals surface area (Å²) in [5.74, 6) is 1.20. The summed E-state index contributed by atoms with van der Waals surface area (Å²) in [5.41, 5.74) is -2.07. The average molecular weight is 503 g/mol. The molecule has 0 radical (unpaired) electrons. The molecule has 0 bridgehead atoms. The monoisotopic (exact) mass is 502 g/mol. The molecule has 6 heteroatoms. The standard InChI is InChI=1S/C30H46O6/c1-16-14-17(22(32)26(4,5)34)35-23-21(16)27(6)12-13-30-15-29(30)11-10-20(31)25(2,3)18(29)8-9-19(30)28(27,7)24(33)36-23/h16-19,21-23,32,34H,8-15H2,1-7H3/t16-,17-,18+,19+,21+,22+,23+,27-,28-,29-,30+/m1/s1. The van der Waals surface area contributed by atoms with Gasteiger partial charge in [0.2, 0.25) is 6.29 Å². The third kappa shape index (κ3) is 2.75. The molecule has 2 N–H and O–H groups in total. The molecule has 202 valence electrons. The lowest BCUT2D eigenvalue weighted by Crippen LogP contribution is -2.69. The van der Waals surface area contributed by atoms with E-state index in [1.165, 1.54) is 0 Å². The normalized spacial score (nSPS) is 54.1. The highest BCUT2D eigenvalue weighted by molar-refractivity contribution is 5.86. The van der Waals surface area contributed by atoms with Gasteiger partial charge in [0.05, 0.1) is 17.1 Å². The number of fused-ring (bicyclic) bond motifs is 4. The predicted molar refractivity (Wildman–Crippen MR) is 133 cm³/mol. The van der Waals surface area contributed by atoms with Gasteiger partial charge in [-0.3, -0.25) is 9.59 Å². The van der Waals surface area contributed by atoms with E-state index in [0.29, 0.717) is 24.5 Å². The lowest BCUT2D eigenvalue weighted by Gasteiger charge is -2.67. The number of esters is 1. The van der Waals surface area contributed by atoms with Crippen molar-refractivity contribution < 1.29 is 29.3 Å². The molecule has 6 nitrogen and oxygen atoms in total. The van der Waals surface area contributed by atoms with Crippen molar-refractivity contribution in [3.63, 3.8) is 0 Å². The molecule has 0 amide bonds. The van der Waals surface area contributed by atoms with Crippen LogP contribution in [-0.2, 0) is 19.1 Å². The Morgan fingerprint density at radius 2 is 1.64 bits per heavy atom. The van der Waals surface area contributed by atoms with Crippen LogP contribution >= 0.6 is 0 Å². The first-order valence-electron chi connectivity index (χ1n) is 14.4. The lowest BCUT2D eigenvalue weighted by atomic mass is 9.39. The molecule has 0 aromatic carbocycles. The molecule has 4 aliphatic carbocycles. The minimum absolute atomic E-state index is 0.0552. The summed E-state index contributed by atoms with van der Waals surface area (Å²) < 4.78 is 12.5. The first kappa shape index (κ1) is 25.3. The number of aliphatic hydroxyl groups excluding tert-OH is 1. The van der Waals surface area contributed by atoms with Gasteiger partial charge in [0.1, 0.15) is 11.9 Å². The molecule has 36 heavy (non-hydrogen) atoms. The van der Waals surface area contributed by atoms with Gasteiger partial charge in [0.15, 0.2) is 0 Å². The summed E-state index contributed by atoms with van der Waals surface area (Å²) in [7, 11) is 0. The number of Topliss-reactive ketones (excluding diaryl/α,β-unsaturated/α-hetero) is 1. The zero-order chi connectivity index (χ0) is 26.3. The van der Waals surface area contributed by atoms with Crippen LogP contribution < -0.4 is 0 Å². The maximum atomic E-state index is 14.1. The summed E-state index contributed by atoms with van der Waals surface area (Å²) >= 11 is 0. The van der Waals surface area contributed by atoms with Gasteiger partial charge in [-0.15, -0.1) is 0 Å². The smallest absolute Gasteiger partial charge is 0.314 e. The second kappa shape index (κ2) is 7.15. The molecule has 0 unspecified atom stereocenters. The molecule has 6 rings (SSSR count). The highest BCUT2D eigenvalue weighted by Gasteiger charge is 2.84. The van der Waals surface area contributed by atoms with E-state index in [4.69, 9.17) is 9.47 Å². The number of carbonyl (C=O) groups excluding carboxylic acids is 2. The SMILES string of the molecule is C[C@@H]1C[C@H]([C@H](O)C(C)(C)O)O[C@H]2OC(=O)[C@@]3(C)[C@@H]4CC[C@H]5C(C)(C)C(=O)CC[C@@]56C[C@@]46CC[C@]3(C)[C@H]21. The molecule has 6 fully saturated rings. The molecule has 4 saturated carbocycles. The number of carbonyl (C=O) groups is 2. The van der Waals surface area contributed by atoms with Gasteiger partial charge in [-0.05, 0) is 99.7 Å². The molecule has 2 saturated heterocycles. The molecule has 0 aromatic heterocycles. The van der Waals surface area contributed by atoms with Crippen LogP contribution in [0.15, 0.2) is 0 Å². The van der Waals surface area contributed by atoms with Crippen LogP contribution in [0.2, 0.25) is 0 Å². The molecule has 11 atom stereocenters.